The molecule has 1 N–H and O–H groups in total. The van der Waals surface area contributed by atoms with Gasteiger partial charge in [-0.05, 0) is 31.7 Å². The summed E-state index contributed by atoms with van der Waals surface area (Å²) < 4.78 is 0. The summed E-state index contributed by atoms with van der Waals surface area (Å²) in [5, 5.41) is 13.3. The zero-order valence-corrected chi connectivity index (χ0v) is 14.2. The van der Waals surface area contributed by atoms with Gasteiger partial charge in [0.05, 0.1) is 0 Å². The van der Waals surface area contributed by atoms with E-state index >= 15 is 0 Å². The molecule has 2 heterocycles. The zero-order valence-electron chi connectivity index (χ0n) is 13.4. The summed E-state index contributed by atoms with van der Waals surface area (Å²) >= 11 is 1.62. The predicted molar refractivity (Wildman–Crippen MR) is 92.7 cm³/mol. The monoisotopic (exact) mass is 330 g/mol. The van der Waals surface area contributed by atoms with Gasteiger partial charge in [0.2, 0.25) is 11.0 Å². The van der Waals surface area contributed by atoms with Crippen LogP contribution in [0.5, 0.6) is 0 Å². The lowest BCUT2D eigenvalue weighted by molar-refractivity contribution is -0.125. The molecule has 0 spiro atoms. The minimum Gasteiger partial charge on any atom is -0.356 e. The fourth-order valence-electron chi connectivity index (χ4n) is 2.87. The predicted octanol–water partition coefficient (Wildman–Crippen LogP) is 2.42. The summed E-state index contributed by atoms with van der Waals surface area (Å²) in [6.07, 6.45) is 2.65. The fourth-order valence-corrected chi connectivity index (χ4v) is 3.61. The highest BCUT2D eigenvalue weighted by molar-refractivity contribution is 7.15. The van der Waals surface area contributed by atoms with Crippen molar-refractivity contribution in [3.63, 3.8) is 0 Å². The van der Waals surface area contributed by atoms with E-state index in [-0.39, 0.29) is 11.8 Å². The summed E-state index contributed by atoms with van der Waals surface area (Å²) in [5.74, 6) is 0.310. The summed E-state index contributed by atoms with van der Waals surface area (Å²) in [6.45, 7) is 4.43. The Bertz CT molecular complexity index is 635. The maximum absolute atomic E-state index is 12.3. The minimum atomic E-state index is 0.121. The van der Waals surface area contributed by atoms with Gasteiger partial charge < -0.3 is 10.2 Å². The Labute approximate surface area is 140 Å². The molecule has 6 heteroatoms. The highest BCUT2D eigenvalue weighted by Crippen LogP contribution is 2.25. The van der Waals surface area contributed by atoms with Crippen molar-refractivity contribution in [3.8, 4) is 0 Å². The standard InChI is InChI=1S/C17H22N4OS/c1-13-19-20-17(23-13)21-11-8-15(9-12-21)16(22)18-10-7-14-5-3-2-4-6-14/h2-6,15H,7-12H2,1H3,(H,18,22). The molecule has 1 fully saturated rings. The highest BCUT2D eigenvalue weighted by Gasteiger charge is 2.26. The van der Waals surface area contributed by atoms with Crippen LogP contribution in [-0.2, 0) is 11.2 Å². The second-order valence-electron chi connectivity index (χ2n) is 5.89. The Morgan fingerprint density at radius 1 is 1.26 bits per heavy atom. The van der Waals surface area contributed by atoms with Crippen LogP contribution < -0.4 is 10.2 Å². The smallest absolute Gasteiger partial charge is 0.223 e. The molecule has 5 nitrogen and oxygen atoms in total. The maximum Gasteiger partial charge on any atom is 0.223 e. The number of anilines is 1. The van der Waals surface area contributed by atoms with Gasteiger partial charge in [0.15, 0.2) is 0 Å². The van der Waals surface area contributed by atoms with Gasteiger partial charge in [-0.15, -0.1) is 10.2 Å². The molecule has 0 atom stereocenters. The number of nitrogens with zero attached hydrogens (tertiary/aromatic N) is 3. The van der Waals surface area contributed by atoms with Crippen molar-refractivity contribution in [2.24, 2.45) is 5.92 Å². The van der Waals surface area contributed by atoms with Gasteiger partial charge in [-0.2, -0.15) is 0 Å². The van der Waals surface area contributed by atoms with Crippen molar-refractivity contribution in [1.29, 1.82) is 0 Å². The van der Waals surface area contributed by atoms with Crippen LogP contribution >= 0.6 is 11.3 Å². The maximum atomic E-state index is 12.3. The number of carbonyl (C=O) groups is 1. The number of amides is 1. The second kappa shape index (κ2) is 7.55. The van der Waals surface area contributed by atoms with Crippen molar-refractivity contribution in [2.45, 2.75) is 26.2 Å². The molecule has 3 rings (SSSR count). The molecule has 1 aliphatic rings. The molecule has 1 amide bonds. The molecule has 1 aromatic heterocycles. The fraction of sp³-hybridized carbons (Fsp3) is 0.471. The van der Waals surface area contributed by atoms with E-state index in [1.807, 2.05) is 25.1 Å². The van der Waals surface area contributed by atoms with Gasteiger partial charge in [0.25, 0.3) is 0 Å². The lowest BCUT2D eigenvalue weighted by atomic mass is 9.96. The molecule has 0 radical (unpaired) electrons. The van der Waals surface area contributed by atoms with E-state index in [0.29, 0.717) is 6.54 Å². The topological polar surface area (TPSA) is 58.1 Å². The van der Waals surface area contributed by atoms with Gasteiger partial charge in [0, 0.05) is 25.6 Å². The van der Waals surface area contributed by atoms with Crippen LogP contribution in [0, 0.1) is 12.8 Å². The van der Waals surface area contributed by atoms with E-state index in [9.17, 15) is 4.79 Å². The molecule has 0 bridgehead atoms. The molecule has 0 saturated carbocycles. The van der Waals surface area contributed by atoms with Crippen molar-refractivity contribution >= 4 is 22.4 Å². The quantitative estimate of drug-likeness (QED) is 0.915. The van der Waals surface area contributed by atoms with E-state index in [1.165, 1.54) is 5.56 Å². The number of nitrogens with one attached hydrogen (secondary N) is 1. The molecule has 1 aromatic carbocycles. The van der Waals surface area contributed by atoms with Gasteiger partial charge in [-0.3, -0.25) is 4.79 Å². The Hall–Kier alpha value is -1.95. The van der Waals surface area contributed by atoms with Gasteiger partial charge in [0.1, 0.15) is 5.01 Å². The molecular formula is C17H22N4OS. The molecule has 1 saturated heterocycles. The van der Waals surface area contributed by atoms with Crippen molar-refractivity contribution in [1.82, 2.24) is 15.5 Å². The first-order valence-electron chi connectivity index (χ1n) is 8.09. The van der Waals surface area contributed by atoms with Crippen LogP contribution in [0.25, 0.3) is 0 Å². The zero-order chi connectivity index (χ0) is 16.1. The Morgan fingerprint density at radius 3 is 2.65 bits per heavy atom. The number of hydrogen-bond donors (Lipinski definition) is 1. The number of aryl methyl sites for hydroxylation is 1. The first kappa shape index (κ1) is 15.9. The summed E-state index contributed by atoms with van der Waals surface area (Å²) in [5.41, 5.74) is 1.26. The van der Waals surface area contributed by atoms with Crippen molar-refractivity contribution in [2.75, 3.05) is 24.5 Å². The number of carbonyl (C=O) groups excluding carboxylic acids is 1. The molecular weight excluding hydrogens is 308 g/mol. The van der Waals surface area contributed by atoms with Crippen LogP contribution in [0.2, 0.25) is 0 Å². The number of hydrogen-bond acceptors (Lipinski definition) is 5. The highest BCUT2D eigenvalue weighted by atomic mass is 32.1. The van der Waals surface area contributed by atoms with Crippen molar-refractivity contribution < 1.29 is 4.79 Å². The lowest BCUT2D eigenvalue weighted by Crippen LogP contribution is -2.41. The molecule has 23 heavy (non-hydrogen) atoms. The number of benzene rings is 1. The van der Waals surface area contributed by atoms with Crippen LogP contribution in [0.3, 0.4) is 0 Å². The van der Waals surface area contributed by atoms with E-state index in [1.54, 1.807) is 11.3 Å². The molecule has 2 aromatic rings. The van der Waals surface area contributed by atoms with Crippen molar-refractivity contribution in [3.05, 3.63) is 40.9 Å². The van der Waals surface area contributed by atoms with E-state index in [2.05, 4.69) is 32.5 Å². The first-order valence-corrected chi connectivity index (χ1v) is 8.91. The Balaban J connectivity index is 1.41. The lowest BCUT2D eigenvalue weighted by Gasteiger charge is -2.30. The molecule has 122 valence electrons. The van der Waals surface area contributed by atoms with Gasteiger partial charge >= 0.3 is 0 Å². The summed E-state index contributed by atoms with van der Waals surface area (Å²) in [7, 11) is 0. The van der Waals surface area contributed by atoms with E-state index in [0.717, 1.165) is 42.5 Å². The van der Waals surface area contributed by atoms with Gasteiger partial charge in [-0.25, -0.2) is 0 Å². The Kier molecular flexibility index (Phi) is 5.23. The summed E-state index contributed by atoms with van der Waals surface area (Å²) in [4.78, 5) is 14.5. The third-order valence-corrected chi connectivity index (χ3v) is 5.11. The van der Waals surface area contributed by atoms with Crippen LogP contribution in [-0.4, -0.2) is 35.7 Å². The third-order valence-electron chi connectivity index (χ3n) is 4.21. The largest absolute Gasteiger partial charge is 0.356 e. The average molecular weight is 330 g/mol. The summed E-state index contributed by atoms with van der Waals surface area (Å²) in [6, 6.07) is 10.3. The van der Waals surface area contributed by atoms with E-state index < -0.39 is 0 Å². The average Bonchev–Trinajstić information content (AvgIpc) is 3.02. The number of piperidine rings is 1. The second-order valence-corrected chi connectivity index (χ2v) is 7.05. The van der Waals surface area contributed by atoms with E-state index in [4.69, 9.17) is 0 Å². The van der Waals surface area contributed by atoms with Crippen LogP contribution in [0.4, 0.5) is 5.13 Å². The minimum absolute atomic E-state index is 0.121. The third kappa shape index (κ3) is 4.28. The SMILES string of the molecule is Cc1nnc(N2CCC(C(=O)NCCc3ccccc3)CC2)s1. The molecule has 0 unspecified atom stereocenters. The molecule has 0 aliphatic carbocycles. The van der Waals surface area contributed by atoms with Gasteiger partial charge in [-0.1, -0.05) is 41.7 Å². The normalized spacial score (nSPS) is 15.6. The number of rotatable bonds is 5. The number of aromatic nitrogens is 2. The Morgan fingerprint density at radius 2 is 2.00 bits per heavy atom. The van der Waals surface area contributed by atoms with Crippen LogP contribution in [0.15, 0.2) is 30.3 Å². The first-order chi connectivity index (χ1) is 11.2. The molecule has 1 aliphatic heterocycles. The van der Waals surface area contributed by atoms with Crippen LogP contribution in [0.1, 0.15) is 23.4 Å².